The Kier molecular flexibility index (Phi) is 4.63. The first-order valence-electron chi connectivity index (χ1n) is 6.37. The van der Waals surface area contributed by atoms with Crippen LogP contribution in [0.4, 0.5) is 0 Å². The van der Waals surface area contributed by atoms with Gasteiger partial charge in [0, 0.05) is 0 Å². The van der Waals surface area contributed by atoms with E-state index in [4.69, 9.17) is 0 Å². The molecule has 2 aromatic rings. The molecule has 2 aromatic carbocycles. The van der Waals surface area contributed by atoms with Crippen molar-refractivity contribution in [1.29, 1.82) is 0 Å². The minimum Gasteiger partial charge on any atom is -0.113 e. The molecule has 0 fully saturated rings. The van der Waals surface area contributed by atoms with E-state index in [0.29, 0.717) is 0 Å². The fourth-order valence-corrected chi connectivity index (χ4v) is 4.51. The minimum absolute atomic E-state index is 0.136. The maximum Gasteiger partial charge on any atom is 0.386 e. The van der Waals surface area contributed by atoms with Crippen molar-refractivity contribution in [2.24, 2.45) is 0 Å². The number of hydrogen-bond donors (Lipinski definition) is 0. The maximum absolute atomic E-state index is 2.38. The maximum atomic E-state index is 2.38. The van der Waals surface area contributed by atoms with Crippen molar-refractivity contribution in [2.75, 3.05) is 0 Å². The molecule has 0 nitrogen and oxygen atoms in total. The quantitative estimate of drug-likeness (QED) is 0.695. The third-order valence-electron chi connectivity index (χ3n) is 3.44. The standard InChI is InChI=1S/2C8H9.Mg/c2*1-2-8-6-4-3-5-7-8;/h2*2-7H,1H3;. The molecule has 17 heavy (non-hydrogen) atoms. The molecule has 2 unspecified atom stereocenters. The van der Waals surface area contributed by atoms with Crippen molar-refractivity contribution < 1.29 is 0 Å². The van der Waals surface area contributed by atoms with E-state index < -0.39 is 0 Å². The van der Waals surface area contributed by atoms with Crippen molar-refractivity contribution >= 4 is 20.4 Å². The van der Waals surface area contributed by atoms with Crippen LogP contribution in [-0.2, 0) is 0 Å². The second-order valence-corrected chi connectivity index (χ2v) is 7.78. The fraction of sp³-hybridized carbons (Fsp3) is 0.250. The van der Waals surface area contributed by atoms with Gasteiger partial charge in [-0.05, 0) is 0 Å². The van der Waals surface area contributed by atoms with Gasteiger partial charge in [0.15, 0.2) is 0 Å². The number of benzene rings is 2. The highest BCUT2D eigenvalue weighted by Crippen LogP contribution is 2.21. The van der Waals surface area contributed by atoms with Gasteiger partial charge < -0.3 is 0 Å². The van der Waals surface area contributed by atoms with Crippen LogP contribution in [0.2, 0.25) is 0 Å². The molecule has 2 atom stereocenters. The Hall–Kier alpha value is -0.794. The Balaban J connectivity index is 2.02. The first-order chi connectivity index (χ1) is 8.27. The highest BCUT2D eigenvalue weighted by atomic mass is 24.5. The molecule has 0 saturated heterocycles. The molecule has 0 aliphatic carbocycles. The van der Waals surface area contributed by atoms with Gasteiger partial charge >= 0.3 is 20.4 Å². The molecule has 0 heterocycles. The smallest absolute Gasteiger partial charge is 0.113 e. The summed E-state index contributed by atoms with van der Waals surface area (Å²) in [6.45, 7) is 4.75. The van der Waals surface area contributed by atoms with Crippen LogP contribution in [0, 0.1) is 0 Å². The van der Waals surface area contributed by atoms with Crippen LogP contribution in [0.15, 0.2) is 60.7 Å². The van der Waals surface area contributed by atoms with Crippen molar-refractivity contribution in [3.05, 3.63) is 71.8 Å². The van der Waals surface area contributed by atoms with Crippen molar-refractivity contribution in [1.82, 2.24) is 0 Å². The topological polar surface area (TPSA) is 0 Å². The van der Waals surface area contributed by atoms with Crippen molar-refractivity contribution in [3.8, 4) is 0 Å². The van der Waals surface area contributed by atoms with Gasteiger partial charge in [0.25, 0.3) is 0 Å². The summed E-state index contributed by atoms with van der Waals surface area (Å²) in [4.78, 5) is 0. The van der Waals surface area contributed by atoms with E-state index in [1.807, 2.05) is 0 Å². The lowest BCUT2D eigenvalue weighted by atomic mass is 10.1. The highest BCUT2D eigenvalue weighted by molar-refractivity contribution is 6.39. The molecule has 2 rings (SSSR count). The minimum atomic E-state index is -0.136. The van der Waals surface area contributed by atoms with Crippen LogP contribution in [-0.4, -0.2) is 20.4 Å². The Morgan fingerprint density at radius 3 is 1.35 bits per heavy atom. The van der Waals surface area contributed by atoms with Gasteiger partial charge in [-0.25, -0.2) is 0 Å². The summed E-state index contributed by atoms with van der Waals surface area (Å²) in [6, 6.07) is 21.8. The highest BCUT2D eigenvalue weighted by Gasteiger charge is 2.16. The Morgan fingerprint density at radius 2 is 1.00 bits per heavy atom. The molecule has 0 aliphatic heterocycles. The molecule has 1 heteroatoms. The predicted molar refractivity (Wildman–Crippen MR) is 75.5 cm³/mol. The summed E-state index contributed by atoms with van der Waals surface area (Å²) in [6.07, 6.45) is 0. The summed E-state index contributed by atoms with van der Waals surface area (Å²) >= 11 is -0.136. The van der Waals surface area contributed by atoms with Gasteiger partial charge in [-0.2, -0.15) is 0 Å². The Morgan fingerprint density at radius 1 is 0.647 bits per heavy atom. The van der Waals surface area contributed by atoms with Crippen molar-refractivity contribution in [2.45, 2.75) is 21.9 Å². The molecule has 0 spiro atoms. The average molecular weight is 235 g/mol. The molecule has 0 aliphatic rings. The SMILES string of the molecule is C[CH]([Mg][CH](C)c1ccccc1)c1ccccc1. The summed E-state index contributed by atoms with van der Waals surface area (Å²) in [5.41, 5.74) is 3.00. The molecule has 0 radical (unpaired) electrons. The molecule has 0 saturated carbocycles. The number of hydrogen-bond acceptors (Lipinski definition) is 0. The van der Waals surface area contributed by atoms with Gasteiger partial charge in [0.05, 0.1) is 0 Å². The van der Waals surface area contributed by atoms with Gasteiger partial charge in [-0.3, -0.25) is 0 Å². The average Bonchev–Trinajstić information content (AvgIpc) is 2.40. The lowest BCUT2D eigenvalue weighted by molar-refractivity contribution is 0.976. The monoisotopic (exact) mass is 234 g/mol. The van der Waals surface area contributed by atoms with E-state index >= 15 is 0 Å². The number of rotatable bonds is 4. The normalized spacial score (nSPS) is 13.8. The molecule has 0 bridgehead atoms. The summed E-state index contributed by atoms with van der Waals surface area (Å²) < 4.78 is 1.51. The second kappa shape index (κ2) is 6.22. The fourth-order valence-electron chi connectivity index (χ4n) is 2.37. The molecule has 0 aromatic heterocycles. The molecular weight excluding hydrogens is 216 g/mol. The third-order valence-corrected chi connectivity index (χ3v) is 5.80. The molecule has 0 N–H and O–H groups in total. The molecular formula is C16H18Mg. The lowest BCUT2D eigenvalue weighted by Gasteiger charge is -2.16. The largest absolute Gasteiger partial charge is 0.386 e. The van der Waals surface area contributed by atoms with Gasteiger partial charge in [0.1, 0.15) is 0 Å². The van der Waals surface area contributed by atoms with Crippen molar-refractivity contribution in [3.63, 3.8) is 0 Å². The van der Waals surface area contributed by atoms with Crippen LogP contribution < -0.4 is 0 Å². The lowest BCUT2D eigenvalue weighted by Crippen LogP contribution is -2.12. The first kappa shape index (κ1) is 12.7. The van der Waals surface area contributed by atoms with E-state index in [1.54, 1.807) is 0 Å². The van der Waals surface area contributed by atoms with Crippen LogP contribution in [0.25, 0.3) is 0 Å². The third kappa shape index (κ3) is 3.58. The Bertz CT molecular complexity index is 392. The molecule has 84 valence electrons. The molecule has 0 amide bonds. The van der Waals surface area contributed by atoms with Crippen LogP contribution in [0.1, 0.15) is 33.1 Å². The van der Waals surface area contributed by atoms with Gasteiger partial charge in [-0.15, -0.1) is 8.09 Å². The van der Waals surface area contributed by atoms with Gasteiger partial charge in [0.2, 0.25) is 0 Å². The van der Waals surface area contributed by atoms with E-state index in [2.05, 4.69) is 74.5 Å². The van der Waals surface area contributed by atoms with Crippen LogP contribution >= 0.6 is 0 Å². The summed E-state index contributed by atoms with van der Waals surface area (Å²) in [5, 5.41) is 0. The summed E-state index contributed by atoms with van der Waals surface area (Å²) in [7, 11) is 0. The van der Waals surface area contributed by atoms with E-state index in [0.717, 1.165) is 8.09 Å². The van der Waals surface area contributed by atoms with Gasteiger partial charge in [-0.1, -0.05) is 85.6 Å². The van der Waals surface area contributed by atoms with Crippen LogP contribution in [0.5, 0.6) is 0 Å². The zero-order chi connectivity index (χ0) is 12.1. The summed E-state index contributed by atoms with van der Waals surface area (Å²) in [5.74, 6) is 0. The second-order valence-electron chi connectivity index (χ2n) is 4.86. The van der Waals surface area contributed by atoms with E-state index in [1.165, 1.54) is 11.1 Å². The first-order valence-corrected chi connectivity index (χ1v) is 8.00. The zero-order valence-corrected chi connectivity index (χ0v) is 12.0. The predicted octanol–water partition coefficient (Wildman–Crippen LogP) is 4.21. The Labute approximate surface area is 114 Å². The van der Waals surface area contributed by atoms with E-state index in [9.17, 15) is 0 Å². The van der Waals surface area contributed by atoms with Crippen LogP contribution in [0.3, 0.4) is 0 Å². The zero-order valence-electron chi connectivity index (χ0n) is 10.6. The van der Waals surface area contributed by atoms with E-state index in [-0.39, 0.29) is 20.4 Å².